The molecule has 0 spiro atoms. The van der Waals surface area contributed by atoms with Gasteiger partial charge in [-0.2, -0.15) is 0 Å². The summed E-state index contributed by atoms with van der Waals surface area (Å²) in [6.07, 6.45) is -1.10. The van der Waals surface area contributed by atoms with E-state index < -0.39 is 18.4 Å². The van der Waals surface area contributed by atoms with Crippen molar-refractivity contribution in [3.63, 3.8) is 0 Å². The van der Waals surface area contributed by atoms with Gasteiger partial charge in [0, 0.05) is 12.1 Å². The zero-order chi connectivity index (χ0) is 19.6. The second-order valence-electron chi connectivity index (χ2n) is 6.08. The van der Waals surface area contributed by atoms with Gasteiger partial charge in [-0.3, -0.25) is 0 Å². The van der Waals surface area contributed by atoms with E-state index in [0.717, 1.165) is 5.56 Å². The SMILES string of the molecule is O=C(NCCc1ccccc1)OC(OC(=O)c1ccccc1)c1ccccc1. The van der Waals surface area contributed by atoms with Crippen molar-refractivity contribution in [3.05, 3.63) is 108 Å². The van der Waals surface area contributed by atoms with Crippen LogP contribution in [-0.4, -0.2) is 18.6 Å². The topological polar surface area (TPSA) is 64.6 Å². The highest BCUT2D eigenvalue weighted by Crippen LogP contribution is 2.21. The van der Waals surface area contributed by atoms with E-state index in [-0.39, 0.29) is 0 Å². The Kier molecular flexibility index (Phi) is 6.79. The number of ether oxygens (including phenoxy) is 2. The molecule has 28 heavy (non-hydrogen) atoms. The number of alkyl carbamates (subject to hydrolysis) is 1. The number of carbonyl (C=O) groups is 2. The van der Waals surface area contributed by atoms with Crippen molar-refractivity contribution in [1.82, 2.24) is 5.32 Å². The number of rotatable bonds is 7. The van der Waals surface area contributed by atoms with Crippen molar-refractivity contribution in [1.29, 1.82) is 0 Å². The minimum atomic E-state index is -1.13. The van der Waals surface area contributed by atoms with Gasteiger partial charge in [-0.05, 0) is 24.1 Å². The van der Waals surface area contributed by atoms with E-state index in [1.54, 1.807) is 48.5 Å². The summed E-state index contributed by atoms with van der Waals surface area (Å²) in [5.74, 6) is -0.563. The van der Waals surface area contributed by atoms with E-state index in [1.165, 1.54) is 0 Å². The number of benzene rings is 3. The third-order valence-corrected chi connectivity index (χ3v) is 4.04. The Balaban J connectivity index is 1.60. The van der Waals surface area contributed by atoms with E-state index >= 15 is 0 Å². The fourth-order valence-corrected chi connectivity index (χ4v) is 2.60. The standard InChI is InChI=1S/C23H21NO4/c25-21(19-12-6-2-7-13-19)27-22(20-14-8-3-9-15-20)28-23(26)24-17-16-18-10-4-1-5-11-18/h1-15,22H,16-17H2,(H,24,26). The first kappa shape index (κ1) is 19.2. The summed E-state index contributed by atoms with van der Waals surface area (Å²) in [6, 6.07) is 27.3. The molecule has 1 amide bonds. The van der Waals surface area contributed by atoms with Gasteiger partial charge >= 0.3 is 12.1 Å². The van der Waals surface area contributed by atoms with Gasteiger partial charge in [0.15, 0.2) is 0 Å². The van der Waals surface area contributed by atoms with Gasteiger partial charge in [0.1, 0.15) is 0 Å². The summed E-state index contributed by atoms with van der Waals surface area (Å²) >= 11 is 0. The van der Waals surface area contributed by atoms with Gasteiger partial charge in [-0.25, -0.2) is 9.59 Å². The summed E-state index contributed by atoms with van der Waals surface area (Å²) in [5.41, 5.74) is 2.07. The van der Waals surface area contributed by atoms with E-state index in [9.17, 15) is 9.59 Å². The molecule has 0 radical (unpaired) electrons. The van der Waals surface area contributed by atoms with Crippen molar-refractivity contribution < 1.29 is 19.1 Å². The number of hydrogen-bond donors (Lipinski definition) is 1. The molecule has 1 atom stereocenters. The van der Waals surface area contributed by atoms with Gasteiger partial charge in [-0.15, -0.1) is 0 Å². The van der Waals surface area contributed by atoms with Crippen LogP contribution in [0.2, 0.25) is 0 Å². The predicted molar refractivity (Wildman–Crippen MR) is 106 cm³/mol. The van der Waals surface area contributed by atoms with Crippen molar-refractivity contribution in [2.45, 2.75) is 12.7 Å². The maximum atomic E-state index is 12.4. The average Bonchev–Trinajstić information content (AvgIpc) is 2.75. The Morgan fingerprint density at radius 3 is 1.96 bits per heavy atom. The van der Waals surface area contributed by atoms with Crippen molar-refractivity contribution in [2.24, 2.45) is 0 Å². The van der Waals surface area contributed by atoms with Crippen molar-refractivity contribution >= 4 is 12.1 Å². The summed E-state index contributed by atoms with van der Waals surface area (Å²) in [6.45, 7) is 0.414. The first-order chi connectivity index (χ1) is 13.7. The Labute approximate surface area is 163 Å². The fourth-order valence-electron chi connectivity index (χ4n) is 2.60. The first-order valence-corrected chi connectivity index (χ1v) is 9.02. The molecule has 3 aromatic rings. The number of hydrogen-bond acceptors (Lipinski definition) is 4. The molecule has 0 saturated heterocycles. The molecule has 5 heteroatoms. The largest absolute Gasteiger partial charge is 0.417 e. The molecule has 3 aromatic carbocycles. The third-order valence-electron chi connectivity index (χ3n) is 4.04. The lowest BCUT2D eigenvalue weighted by Crippen LogP contribution is -2.29. The highest BCUT2D eigenvalue weighted by Gasteiger charge is 2.21. The molecule has 0 aliphatic carbocycles. The molecule has 0 bridgehead atoms. The lowest BCUT2D eigenvalue weighted by Gasteiger charge is -2.19. The van der Waals surface area contributed by atoms with E-state index in [0.29, 0.717) is 24.1 Å². The Morgan fingerprint density at radius 2 is 1.32 bits per heavy atom. The minimum Gasteiger partial charge on any atom is -0.417 e. The van der Waals surface area contributed by atoms with Crippen molar-refractivity contribution in [3.8, 4) is 0 Å². The molecule has 0 aromatic heterocycles. The zero-order valence-electron chi connectivity index (χ0n) is 15.3. The predicted octanol–water partition coefficient (Wildman–Crippen LogP) is 4.51. The van der Waals surface area contributed by atoms with Crippen LogP contribution in [-0.2, 0) is 15.9 Å². The molecule has 3 rings (SSSR count). The molecule has 0 saturated carbocycles. The molecule has 142 valence electrons. The second-order valence-corrected chi connectivity index (χ2v) is 6.08. The van der Waals surface area contributed by atoms with E-state index in [1.807, 2.05) is 42.5 Å². The Bertz CT molecular complexity index is 882. The van der Waals surface area contributed by atoms with E-state index in [4.69, 9.17) is 9.47 Å². The van der Waals surface area contributed by atoms with Crippen LogP contribution in [0.5, 0.6) is 0 Å². The van der Waals surface area contributed by atoms with Crippen LogP contribution >= 0.6 is 0 Å². The van der Waals surface area contributed by atoms with Crippen LogP contribution < -0.4 is 5.32 Å². The van der Waals surface area contributed by atoms with Crippen LogP contribution in [0.3, 0.4) is 0 Å². The number of carbonyl (C=O) groups excluding carboxylic acids is 2. The third kappa shape index (κ3) is 5.71. The summed E-state index contributed by atoms with van der Waals surface area (Å²) in [7, 11) is 0. The maximum Gasteiger partial charge on any atom is 0.410 e. The molecule has 5 nitrogen and oxygen atoms in total. The first-order valence-electron chi connectivity index (χ1n) is 9.02. The Morgan fingerprint density at radius 1 is 0.750 bits per heavy atom. The molecule has 0 aliphatic rings. The molecular weight excluding hydrogens is 354 g/mol. The van der Waals surface area contributed by atoms with Gasteiger partial charge in [0.25, 0.3) is 6.29 Å². The molecular formula is C23H21NO4. The van der Waals surface area contributed by atoms with Crippen LogP contribution in [0.25, 0.3) is 0 Å². The highest BCUT2D eigenvalue weighted by atomic mass is 16.7. The number of nitrogens with one attached hydrogen (secondary N) is 1. The van der Waals surface area contributed by atoms with Gasteiger partial charge in [0.05, 0.1) is 5.56 Å². The lowest BCUT2D eigenvalue weighted by atomic mass is 10.1. The quantitative estimate of drug-likeness (QED) is 0.487. The molecule has 0 fully saturated rings. The monoisotopic (exact) mass is 375 g/mol. The van der Waals surface area contributed by atoms with Crippen LogP contribution in [0.4, 0.5) is 4.79 Å². The zero-order valence-corrected chi connectivity index (χ0v) is 15.3. The Hall–Kier alpha value is -3.60. The molecule has 1 unspecified atom stereocenters. The molecule has 1 N–H and O–H groups in total. The van der Waals surface area contributed by atoms with Crippen LogP contribution in [0, 0.1) is 0 Å². The maximum absolute atomic E-state index is 12.4. The molecule has 0 aliphatic heterocycles. The van der Waals surface area contributed by atoms with E-state index in [2.05, 4.69) is 5.32 Å². The summed E-state index contributed by atoms with van der Waals surface area (Å²) in [4.78, 5) is 24.6. The highest BCUT2D eigenvalue weighted by molar-refractivity contribution is 5.89. The summed E-state index contributed by atoms with van der Waals surface area (Å²) < 4.78 is 10.8. The van der Waals surface area contributed by atoms with Crippen LogP contribution in [0.15, 0.2) is 91.0 Å². The minimum absolute atomic E-state index is 0.386. The fraction of sp³-hybridized carbons (Fsp3) is 0.130. The normalized spacial score (nSPS) is 11.3. The lowest BCUT2D eigenvalue weighted by molar-refractivity contribution is -0.0741. The smallest absolute Gasteiger partial charge is 0.410 e. The van der Waals surface area contributed by atoms with Gasteiger partial charge in [0.2, 0.25) is 0 Å². The van der Waals surface area contributed by atoms with Gasteiger partial charge < -0.3 is 14.8 Å². The average molecular weight is 375 g/mol. The number of esters is 1. The second kappa shape index (κ2) is 9.92. The van der Waals surface area contributed by atoms with Crippen molar-refractivity contribution in [2.75, 3.05) is 6.54 Å². The van der Waals surface area contributed by atoms with Crippen LogP contribution in [0.1, 0.15) is 27.8 Å². The molecule has 0 heterocycles. The van der Waals surface area contributed by atoms with Gasteiger partial charge in [-0.1, -0.05) is 78.9 Å². The number of amides is 1. The summed E-state index contributed by atoms with van der Waals surface area (Å²) in [5, 5.41) is 2.69.